The van der Waals surface area contributed by atoms with Crippen LogP contribution in [0.5, 0.6) is 0 Å². The van der Waals surface area contributed by atoms with Crippen LogP contribution in [0.3, 0.4) is 0 Å². The fourth-order valence-corrected chi connectivity index (χ4v) is 3.86. The Balaban J connectivity index is 1.92. The number of carbonyl (C=O) groups excluding carboxylic acids is 1. The third-order valence-electron chi connectivity index (χ3n) is 2.34. The number of alkyl halides is 1. The molecule has 0 unspecified atom stereocenters. The molecule has 0 aliphatic heterocycles. The number of halogens is 3. The lowest BCUT2D eigenvalue weighted by Crippen LogP contribution is -2.11. The van der Waals surface area contributed by atoms with Crippen molar-refractivity contribution in [2.75, 3.05) is 11.2 Å². The standard InChI is InChI=1S/C12H10Cl3N3OS2/c13-4-3-10(19)16-11-17-18-12(21-11)20-6-7-1-2-8(14)5-9(7)15/h1-2,5H,3-4,6H2,(H,16,17,19). The van der Waals surface area contributed by atoms with E-state index < -0.39 is 0 Å². The molecule has 0 saturated carbocycles. The molecule has 0 saturated heterocycles. The molecule has 1 N–H and O–H groups in total. The van der Waals surface area contributed by atoms with E-state index in [4.69, 9.17) is 34.8 Å². The van der Waals surface area contributed by atoms with Crippen LogP contribution in [0.25, 0.3) is 0 Å². The van der Waals surface area contributed by atoms with E-state index in [1.165, 1.54) is 23.1 Å². The number of amides is 1. The van der Waals surface area contributed by atoms with Gasteiger partial charge in [-0.25, -0.2) is 0 Å². The SMILES string of the molecule is O=C(CCCl)Nc1nnc(SCc2ccc(Cl)cc2Cl)s1. The quantitative estimate of drug-likeness (QED) is 0.447. The lowest BCUT2D eigenvalue weighted by Gasteiger charge is -2.02. The molecule has 4 nitrogen and oxygen atoms in total. The highest BCUT2D eigenvalue weighted by Crippen LogP contribution is 2.31. The topological polar surface area (TPSA) is 54.9 Å². The van der Waals surface area contributed by atoms with E-state index in [1.54, 1.807) is 12.1 Å². The lowest BCUT2D eigenvalue weighted by atomic mass is 10.2. The third-order valence-corrected chi connectivity index (χ3v) is 5.14. The predicted molar refractivity (Wildman–Crippen MR) is 89.9 cm³/mol. The number of nitrogens with zero attached hydrogens (tertiary/aromatic N) is 2. The van der Waals surface area contributed by atoms with Crippen molar-refractivity contribution in [3.05, 3.63) is 33.8 Å². The Hall–Kier alpha value is -0.530. The number of hydrogen-bond acceptors (Lipinski definition) is 5. The number of aromatic nitrogens is 2. The largest absolute Gasteiger partial charge is 0.300 e. The second kappa shape index (κ2) is 8.19. The average Bonchev–Trinajstić information content (AvgIpc) is 2.85. The minimum absolute atomic E-state index is 0.168. The highest BCUT2D eigenvalue weighted by molar-refractivity contribution is 8.00. The number of rotatable bonds is 6. The van der Waals surface area contributed by atoms with Gasteiger partial charge in [0.05, 0.1) is 0 Å². The summed E-state index contributed by atoms with van der Waals surface area (Å²) in [7, 11) is 0. The average molecular weight is 383 g/mol. The minimum Gasteiger partial charge on any atom is -0.300 e. The molecule has 1 aromatic carbocycles. The fraction of sp³-hybridized carbons (Fsp3) is 0.250. The van der Waals surface area contributed by atoms with Crippen molar-refractivity contribution in [1.29, 1.82) is 0 Å². The van der Waals surface area contributed by atoms with Gasteiger partial charge in [-0.15, -0.1) is 21.8 Å². The Labute approximate surface area is 145 Å². The molecule has 2 aromatic rings. The minimum atomic E-state index is -0.168. The van der Waals surface area contributed by atoms with Crippen LogP contribution in [-0.2, 0) is 10.5 Å². The van der Waals surface area contributed by atoms with Crippen molar-refractivity contribution in [3.63, 3.8) is 0 Å². The second-order valence-electron chi connectivity index (χ2n) is 3.88. The van der Waals surface area contributed by atoms with E-state index in [0.717, 1.165) is 9.90 Å². The molecule has 112 valence electrons. The molecule has 1 amide bonds. The number of thioether (sulfide) groups is 1. The van der Waals surface area contributed by atoms with Crippen LogP contribution in [0.1, 0.15) is 12.0 Å². The smallest absolute Gasteiger partial charge is 0.227 e. The van der Waals surface area contributed by atoms with Gasteiger partial charge in [-0.2, -0.15) is 0 Å². The summed E-state index contributed by atoms with van der Waals surface area (Å²) in [6.07, 6.45) is 0.254. The number of anilines is 1. The highest BCUT2D eigenvalue weighted by Gasteiger charge is 2.09. The van der Waals surface area contributed by atoms with Crippen molar-refractivity contribution in [2.24, 2.45) is 0 Å². The zero-order valence-corrected chi connectivity index (χ0v) is 14.5. The van der Waals surface area contributed by atoms with Crippen LogP contribution >= 0.6 is 57.9 Å². The van der Waals surface area contributed by atoms with Crippen LogP contribution in [-0.4, -0.2) is 22.0 Å². The normalized spacial score (nSPS) is 10.6. The van der Waals surface area contributed by atoms with Crippen molar-refractivity contribution in [2.45, 2.75) is 16.5 Å². The lowest BCUT2D eigenvalue weighted by molar-refractivity contribution is -0.115. The zero-order chi connectivity index (χ0) is 15.2. The Kier molecular flexibility index (Phi) is 6.57. The first kappa shape index (κ1) is 16.8. The van der Waals surface area contributed by atoms with E-state index in [-0.39, 0.29) is 18.2 Å². The van der Waals surface area contributed by atoms with Crippen LogP contribution in [0, 0.1) is 0 Å². The van der Waals surface area contributed by atoms with Gasteiger partial charge >= 0.3 is 0 Å². The van der Waals surface area contributed by atoms with Crippen LogP contribution in [0.2, 0.25) is 10.0 Å². The first-order valence-electron chi connectivity index (χ1n) is 5.84. The molecule has 0 radical (unpaired) electrons. The molecular formula is C12H10Cl3N3OS2. The van der Waals surface area contributed by atoms with Gasteiger partial charge in [0.1, 0.15) is 0 Å². The summed E-state index contributed by atoms with van der Waals surface area (Å²) in [5, 5.41) is 12.3. The Morgan fingerprint density at radius 1 is 1.33 bits per heavy atom. The third kappa shape index (κ3) is 5.30. The molecule has 1 aromatic heterocycles. The van der Waals surface area contributed by atoms with E-state index in [1.807, 2.05) is 6.07 Å². The predicted octanol–water partition coefficient (Wildman–Crippen LogP) is 4.70. The Bertz CT molecular complexity index is 636. The van der Waals surface area contributed by atoms with Gasteiger partial charge in [0.2, 0.25) is 11.0 Å². The summed E-state index contributed by atoms with van der Waals surface area (Å²) < 4.78 is 0.752. The molecule has 0 bridgehead atoms. The number of carbonyl (C=O) groups is 1. The van der Waals surface area contributed by atoms with Crippen LogP contribution in [0.4, 0.5) is 5.13 Å². The van der Waals surface area contributed by atoms with E-state index >= 15 is 0 Å². The number of hydrogen-bond donors (Lipinski definition) is 1. The molecule has 0 aliphatic carbocycles. The van der Waals surface area contributed by atoms with Gasteiger partial charge in [-0.1, -0.05) is 52.4 Å². The van der Waals surface area contributed by atoms with E-state index in [0.29, 0.717) is 20.9 Å². The van der Waals surface area contributed by atoms with Crippen molar-refractivity contribution < 1.29 is 4.79 Å². The monoisotopic (exact) mass is 381 g/mol. The molecule has 0 spiro atoms. The fourth-order valence-electron chi connectivity index (χ4n) is 1.36. The first-order chi connectivity index (χ1) is 10.1. The van der Waals surface area contributed by atoms with Gasteiger partial charge < -0.3 is 5.32 Å². The highest BCUT2D eigenvalue weighted by atomic mass is 35.5. The summed E-state index contributed by atoms with van der Waals surface area (Å²) in [4.78, 5) is 11.4. The molecule has 0 aliphatic rings. The summed E-state index contributed by atoms with van der Waals surface area (Å²) in [5.41, 5.74) is 0.967. The summed E-state index contributed by atoms with van der Waals surface area (Å²) in [5.74, 6) is 0.764. The molecule has 9 heteroatoms. The Morgan fingerprint density at radius 2 is 2.14 bits per heavy atom. The molecule has 0 fully saturated rings. The van der Waals surface area contributed by atoms with Gasteiger partial charge in [-0.05, 0) is 17.7 Å². The molecular weight excluding hydrogens is 373 g/mol. The van der Waals surface area contributed by atoms with Gasteiger partial charge in [-0.3, -0.25) is 4.79 Å². The summed E-state index contributed by atoms with van der Waals surface area (Å²) in [6.45, 7) is 0. The Morgan fingerprint density at radius 3 is 2.86 bits per heavy atom. The van der Waals surface area contributed by atoms with E-state index in [9.17, 15) is 4.79 Å². The zero-order valence-electron chi connectivity index (χ0n) is 10.6. The number of benzene rings is 1. The molecule has 0 atom stereocenters. The van der Waals surface area contributed by atoms with Gasteiger partial charge in [0, 0.05) is 28.1 Å². The van der Waals surface area contributed by atoms with Crippen molar-refractivity contribution in [1.82, 2.24) is 10.2 Å². The first-order valence-corrected chi connectivity index (χ1v) is 8.94. The maximum atomic E-state index is 11.4. The summed E-state index contributed by atoms with van der Waals surface area (Å²) >= 11 is 20.3. The summed E-state index contributed by atoms with van der Waals surface area (Å²) in [6, 6.07) is 5.38. The second-order valence-corrected chi connectivity index (χ2v) is 7.31. The molecule has 1 heterocycles. The number of nitrogens with one attached hydrogen (secondary N) is 1. The van der Waals surface area contributed by atoms with Gasteiger partial charge in [0.15, 0.2) is 4.34 Å². The van der Waals surface area contributed by atoms with Gasteiger partial charge in [0.25, 0.3) is 0 Å². The maximum Gasteiger partial charge on any atom is 0.227 e. The maximum absolute atomic E-state index is 11.4. The van der Waals surface area contributed by atoms with Crippen LogP contribution < -0.4 is 5.32 Å². The van der Waals surface area contributed by atoms with Crippen molar-refractivity contribution in [3.8, 4) is 0 Å². The van der Waals surface area contributed by atoms with E-state index in [2.05, 4.69) is 15.5 Å². The molecule has 21 heavy (non-hydrogen) atoms. The van der Waals surface area contributed by atoms with Crippen molar-refractivity contribution >= 4 is 68.9 Å². The van der Waals surface area contributed by atoms with Crippen LogP contribution in [0.15, 0.2) is 22.5 Å². The molecule has 2 rings (SSSR count).